The van der Waals surface area contributed by atoms with Gasteiger partial charge in [0.05, 0.1) is 22.8 Å². The summed E-state index contributed by atoms with van der Waals surface area (Å²) < 4.78 is 1.41. The van der Waals surface area contributed by atoms with Gasteiger partial charge in [-0.25, -0.2) is 9.48 Å². The summed E-state index contributed by atoms with van der Waals surface area (Å²) in [7, 11) is 0. The molecule has 98 valence electrons. The number of rotatable bonds is 2. The van der Waals surface area contributed by atoms with Gasteiger partial charge in [-0.1, -0.05) is 12.1 Å². The van der Waals surface area contributed by atoms with Gasteiger partial charge in [-0.05, 0) is 24.3 Å². The molecule has 0 unspecified atom stereocenters. The average molecular weight is 267 g/mol. The maximum absolute atomic E-state index is 12.1. The lowest BCUT2D eigenvalue weighted by atomic mass is 10.2. The minimum atomic E-state index is -1.35. The Balaban J connectivity index is 2.46. The molecule has 3 rings (SSSR count). The highest BCUT2D eigenvalue weighted by molar-refractivity contribution is 5.90. The number of fused-ring (bicyclic) bond motifs is 1. The lowest BCUT2D eigenvalue weighted by molar-refractivity contribution is 0.0687. The fourth-order valence-electron chi connectivity index (χ4n) is 1.99. The molecule has 1 aromatic carbocycles. The van der Waals surface area contributed by atoms with Crippen LogP contribution in [-0.4, -0.2) is 25.8 Å². The molecular weight excluding hydrogens is 258 g/mol. The van der Waals surface area contributed by atoms with Crippen LogP contribution in [-0.2, 0) is 0 Å². The quantitative estimate of drug-likeness (QED) is 0.760. The minimum absolute atomic E-state index is 0.309. The van der Waals surface area contributed by atoms with Crippen molar-refractivity contribution >= 4 is 16.9 Å². The van der Waals surface area contributed by atoms with Crippen LogP contribution in [0.2, 0.25) is 0 Å². The first kappa shape index (κ1) is 12.0. The third kappa shape index (κ3) is 1.83. The van der Waals surface area contributed by atoms with Gasteiger partial charge in [0.25, 0.3) is 0 Å². The van der Waals surface area contributed by atoms with Crippen molar-refractivity contribution in [3.63, 3.8) is 0 Å². The standard InChI is InChI=1S/C14H9N3O3/c18-13-10-5-1-2-6-11(10)17(16-12(13)14(19)20)9-4-3-7-15-8-9/h1-8H,(H,19,20). The van der Waals surface area contributed by atoms with E-state index in [0.29, 0.717) is 16.6 Å². The van der Waals surface area contributed by atoms with Crippen LogP contribution >= 0.6 is 0 Å². The van der Waals surface area contributed by atoms with E-state index in [1.54, 1.807) is 48.8 Å². The van der Waals surface area contributed by atoms with Crippen LogP contribution in [0.15, 0.2) is 53.6 Å². The summed E-state index contributed by atoms with van der Waals surface area (Å²) >= 11 is 0. The number of hydrogen-bond donors (Lipinski definition) is 1. The first-order valence-corrected chi connectivity index (χ1v) is 5.84. The van der Waals surface area contributed by atoms with Crippen molar-refractivity contribution in [2.75, 3.05) is 0 Å². The van der Waals surface area contributed by atoms with Crippen LogP contribution in [0.4, 0.5) is 0 Å². The van der Waals surface area contributed by atoms with Crippen LogP contribution in [0.3, 0.4) is 0 Å². The number of aromatic nitrogens is 3. The molecule has 0 saturated heterocycles. The van der Waals surface area contributed by atoms with Gasteiger partial charge in [0.2, 0.25) is 11.1 Å². The zero-order valence-electron chi connectivity index (χ0n) is 10.2. The van der Waals surface area contributed by atoms with Gasteiger partial charge in [0.15, 0.2) is 0 Å². The molecule has 0 aliphatic carbocycles. The van der Waals surface area contributed by atoms with Crippen molar-refractivity contribution in [2.45, 2.75) is 0 Å². The molecule has 0 bridgehead atoms. The number of carbonyl (C=O) groups is 1. The van der Waals surface area contributed by atoms with Crippen LogP contribution in [0.1, 0.15) is 10.5 Å². The molecule has 0 spiro atoms. The molecule has 1 N–H and O–H groups in total. The van der Waals surface area contributed by atoms with Gasteiger partial charge in [-0.15, -0.1) is 0 Å². The third-order valence-electron chi connectivity index (χ3n) is 2.89. The normalized spacial score (nSPS) is 10.6. The number of carboxylic acid groups (broad SMARTS) is 1. The van der Waals surface area contributed by atoms with Crippen LogP contribution < -0.4 is 5.43 Å². The van der Waals surface area contributed by atoms with E-state index in [2.05, 4.69) is 10.1 Å². The Hall–Kier alpha value is -3.02. The van der Waals surface area contributed by atoms with Crippen LogP contribution in [0.25, 0.3) is 16.6 Å². The predicted molar refractivity (Wildman–Crippen MR) is 72.1 cm³/mol. The largest absolute Gasteiger partial charge is 0.476 e. The zero-order chi connectivity index (χ0) is 14.1. The van der Waals surface area contributed by atoms with Gasteiger partial charge in [-0.2, -0.15) is 5.10 Å². The summed E-state index contributed by atoms with van der Waals surface area (Å²) in [4.78, 5) is 27.2. The molecule has 0 atom stereocenters. The van der Waals surface area contributed by atoms with Crippen molar-refractivity contribution in [2.24, 2.45) is 0 Å². The molecule has 0 radical (unpaired) electrons. The van der Waals surface area contributed by atoms with E-state index in [-0.39, 0.29) is 0 Å². The number of aromatic carboxylic acids is 1. The molecular formula is C14H9N3O3. The Morgan fingerprint density at radius 1 is 1.15 bits per heavy atom. The maximum Gasteiger partial charge on any atom is 0.360 e. The van der Waals surface area contributed by atoms with Crippen molar-refractivity contribution in [3.8, 4) is 5.69 Å². The summed E-state index contributed by atoms with van der Waals surface area (Å²) in [6, 6.07) is 10.2. The average Bonchev–Trinajstić information content (AvgIpc) is 2.48. The fourth-order valence-corrected chi connectivity index (χ4v) is 1.99. The molecule has 0 saturated carbocycles. The number of para-hydroxylation sites is 1. The third-order valence-corrected chi connectivity index (χ3v) is 2.89. The Morgan fingerprint density at radius 3 is 2.65 bits per heavy atom. The first-order valence-electron chi connectivity index (χ1n) is 5.84. The molecule has 0 fully saturated rings. The summed E-state index contributed by atoms with van der Waals surface area (Å²) in [5.74, 6) is -1.35. The highest BCUT2D eigenvalue weighted by Crippen LogP contribution is 2.14. The highest BCUT2D eigenvalue weighted by Gasteiger charge is 2.16. The number of carboxylic acids is 1. The molecule has 3 aromatic rings. The number of hydrogen-bond acceptors (Lipinski definition) is 4. The van der Waals surface area contributed by atoms with Crippen molar-refractivity contribution in [3.05, 3.63) is 64.7 Å². The van der Waals surface area contributed by atoms with Crippen LogP contribution in [0, 0.1) is 0 Å². The fraction of sp³-hybridized carbons (Fsp3) is 0. The lowest BCUT2D eigenvalue weighted by Crippen LogP contribution is -2.22. The van der Waals surface area contributed by atoms with Crippen LogP contribution in [0.5, 0.6) is 0 Å². The molecule has 0 amide bonds. The SMILES string of the molecule is O=C(O)c1nn(-c2cccnc2)c2ccccc2c1=O. The van der Waals surface area contributed by atoms with Crippen molar-refractivity contribution in [1.29, 1.82) is 0 Å². The van der Waals surface area contributed by atoms with E-state index in [1.807, 2.05) is 0 Å². The summed E-state index contributed by atoms with van der Waals surface area (Å²) in [5, 5.41) is 13.3. The Labute approximate surface area is 112 Å². The van der Waals surface area contributed by atoms with E-state index in [9.17, 15) is 9.59 Å². The minimum Gasteiger partial charge on any atom is -0.476 e. The first-order chi connectivity index (χ1) is 9.68. The van der Waals surface area contributed by atoms with Crippen molar-refractivity contribution in [1.82, 2.24) is 14.8 Å². The molecule has 2 aromatic heterocycles. The second-order valence-electron chi connectivity index (χ2n) is 4.12. The highest BCUT2D eigenvalue weighted by atomic mass is 16.4. The smallest absolute Gasteiger partial charge is 0.360 e. The molecule has 6 nitrogen and oxygen atoms in total. The second kappa shape index (κ2) is 4.58. The molecule has 20 heavy (non-hydrogen) atoms. The molecule has 2 heterocycles. The summed E-state index contributed by atoms with van der Waals surface area (Å²) in [6.07, 6.45) is 3.15. The summed E-state index contributed by atoms with van der Waals surface area (Å²) in [6.45, 7) is 0. The molecule has 0 aliphatic rings. The van der Waals surface area contributed by atoms with Crippen molar-refractivity contribution < 1.29 is 9.90 Å². The van der Waals surface area contributed by atoms with Gasteiger partial charge in [0, 0.05) is 6.20 Å². The molecule has 0 aliphatic heterocycles. The number of benzene rings is 1. The van der Waals surface area contributed by atoms with E-state index in [4.69, 9.17) is 5.11 Å². The van der Waals surface area contributed by atoms with Gasteiger partial charge in [0.1, 0.15) is 0 Å². The Morgan fingerprint density at radius 2 is 1.95 bits per heavy atom. The number of pyridine rings is 1. The van der Waals surface area contributed by atoms with E-state index >= 15 is 0 Å². The van der Waals surface area contributed by atoms with E-state index in [1.165, 1.54) is 4.68 Å². The second-order valence-corrected chi connectivity index (χ2v) is 4.12. The number of nitrogens with zero attached hydrogens (tertiary/aromatic N) is 3. The Kier molecular flexibility index (Phi) is 2.76. The maximum atomic E-state index is 12.1. The molecule has 6 heteroatoms. The van der Waals surface area contributed by atoms with Gasteiger partial charge < -0.3 is 5.11 Å². The monoisotopic (exact) mass is 267 g/mol. The van der Waals surface area contributed by atoms with E-state index < -0.39 is 17.1 Å². The van der Waals surface area contributed by atoms with Gasteiger partial charge in [-0.3, -0.25) is 9.78 Å². The van der Waals surface area contributed by atoms with Gasteiger partial charge >= 0.3 is 5.97 Å². The van der Waals surface area contributed by atoms with E-state index in [0.717, 1.165) is 0 Å². The lowest BCUT2D eigenvalue weighted by Gasteiger charge is -2.10. The Bertz CT molecular complexity index is 856. The zero-order valence-corrected chi connectivity index (χ0v) is 10.2. The topological polar surface area (TPSA) is 85.1 Å². The predicted octanol–water partition coefficient (Wildman–Crippen LogP) is 1.48. The summed E-state index contributed by atoms with van der Waals surface area (Å²) in [5.41, 5.74) is 0.0301.